The number of hydrogen-bond donors (Lipinski definition) is 1. The summed E-state index contributed by atoms with van der Waals surface area (Å²) in [5.74, 6) is 0.397. The molecule has 1 N–H and O–H groups in total. The SMILES string of the molecule is O=C1NCC23CCC(CC12)O3. The average Bonchev–Trinajstić information content (AvgIpc) is 2.62. The van der Waals surface area contributed by atoms with Gasteiger partial charge in [-0.3, -0.25) is 4.79 Å². The summed E-state index contributed by atoms with van der Waals surface area (Å²) in [6.07, 6.45) is 3.60. The molecule has 3 unspecified atom stereocenters. The molecule has 1 amide bonds. The molecular weight excluding hydrogens is 142 g/mol. The molecule has 1 spiro atoms. The fourth-order valence-electron chi connectivity index (χ4n) is 2.71. The third-order valence-corrected chi connectivity index (χ3v) is 3.30. The van der Waals surface area contributed by atoms with Gasteiger partial charge in [0.15, 0.2) is 0 Å². The van der Waals surface area contributed by atoms with E-state index >= 15 is 0 Å². The predicted molar refractivity (Wildman–Crippen MR) is 38.0 cm³/mol. The third-order valence-electron chi connectivity index (χ3n) is 3.30. The van der Waals surface area contributed by atoms with Crippen LogP contribution in [0.5, 0.6) is 0 Å². The van der Waals surface area contributed by atoms with Crippen molar-refractivity contribution >= 4 is 5.91 Å². The van der Waals surface area contributed by atoms with Crippen molar-refractivity contribution in [3.8, 4) is 0 Å². The lowest BCUT2D eigenvalue weighted by atomic mass is 9.81. The molecule has 3 aliphatic heterocycles. The van der Waals surface area contributed by atoms with Crippen LogP contribution in [0.25, 0.3) is 0 Å². The minimum Gasteiger partial charge on any atom is -0.369 e. The second kappa shape index (κ2) is 1.61. The van der Waals surface area contributed by atoms with Gasteiger partial charge in [-0.15, -0.1) is 0 Å². The summed E-state index contributed by atoms with van der Waals surface area (Å²) in [4.78, 5) is 11.2. The molecule has 3 aliphatic rings. The van der Waals surface area contributed by atoms with Crippen molar-refractivity contribution in [3.05, 3.63) is 0 Å². The lowest BCUT2D eigenvalue weighted by molar-refractivity contribution is -0.123. The molecule has 0 saturated carbocycles. The van der Waals surface area contributed by atoms with Crippen LogP contribution < -0.4 is 5.32 Å². The number of carbonyl (C=O) groups excluding carboxylic acids is 1. The van der Waals surface area contributed by atoms with Gasteiger partial charge in [-0.05, 0) is 19.3 Å². The van der Waals surface area contributed by atoms with E-state index in [2.05, 4.69) is 5.32 Å². The van der Waals surface area contributed by atoms with Gasteiger partial charge in [-0.25, -0.2) is 0 Å². The Morgan fingerprint density at radius 3 is 3.27 bits per heavy atom. The highest BCUT2D eigenvalue weighted by Crippen LogP contribution is 2.49. The van der Waals surface area contributed by atoms with Gasteiger partial charge in [-0.1, -0.05) is 0 Å². The highest BCUT2D eigenvalue weighted by atomic mass is 16.5. The largest absolute Gasteiger partial charge is 0.369 e. The lowest BCUT2D eigenvalue weighted by Crippen LogP contribution is -2.33. The summed E-state index contributed by atoms with van der Waals surface area (Å²) in [6.45, 7) is 0.757. The van der Waals surface area contributed by atoms with Crippen LogP contribution in [0.1, 0.15) is 19.3 Å². The second-order valence-corrected chi connectivity index (χ2v) is 3.85. The van der Waals surface area contributed by atoms with Crippen molar-refractivity contribution in [1.82, 2.24) is 5.32 Å². The topological polar surface area (TPSA) is 38.3 Å². The van der Waals surface area contributed by atoms with E-state index < -0.39 is 0 Å². The van der Waals surface area contributed by atoms with Crippen LogP contribution in [-0.2, 0) is 9.53 Å². The molecule has 11 heavy (non-hydrogen) atoms. The van der Waals surface area contributed by atoms with E-state index in [1.54, 1.807) is 0 Å². The Labute approximate surface area is 65.1 Å². The average molecular weight is 153 g/mol. The van der Waals surface area contributed by atoms with Crippen LogP contribution in [0, 0.1) is 5.92 Å². The molecule has 3 rings (SSSR count). The molecular formula is C8H11NO2. The highest BCUT2D eigenvalue weighted by molar-refractivity contribution is 5.83. The molecule has 3 nitrogen and oxygen atoms in total. The Kier molecular flexibility index (Phi) is 0.876. The first-order chi connectivity index (χ1) is 5.30. The maximum atomic E-state index is 11.2. The number of rotatable bonds is 0. The van der Waals surface area contributed by atoms with Crippen LogP contribution in [-0.4, -0.2) is 24.2 Å². The normalized spacial score (nSPS) is 52.9. The van der Waals surface area contributed by atoms with Crippen molar-refractivity contribution in [2.24, 2.45) is 5.92 Å². The van der Waals surface area contributed by atoms with Crippen molar-refractivity contribution < 1.29 is 9.53 Å². The molecule has 3 heteroatoms. The van der Waals surface area contributed by atoms with Crippen molar-refractivity contribution in [1.29, 1.82) is 0 Å². The molecule has 60 valence electrons. The van der Waals surface area contributed by atoms with E-state index in [9.17, 15) is 4.79 Å². The Morgan fingerprint density at radius 2 is 2.55 bits per heavy atom. The summed E-state index contributed by atoms with van der Waals surface area (Å²) < 4.78 is 5.77. The summed E-state index contributed by atoms with van der Waals surface area (Å²) in [5.41, 5.74) is -0.0677. The van der Waals surface area contributed by atoms with E-state index in [-0.39, 0.29) is 17.4 Å². The van der Waals surface area contributed by atoms with Gasteiger partial charge < -0.3 is 10.1 Å². The molecule has 0 aromatic heterocycles. The molecule has 0 aromatic rings. The molecule has 0 radical (unpaired) electrons. The first kappa shape index (κ1) is 6.00. The summed E-state index contributed by atoms with van der Waals surface area (Å²) in [7, 11) is 0. The molecule has 0 aromatic carbocycles. The van der Waals surface area contributed by atoms with Gasteiger partial charge in [-0.2, -0.15) is 0 Å². The number of nitrogens with one attached hydrogen (secondary N) is 1. The standard InChI is InChI=1S/C8H11NO2/c10-7-6-3-5-1-2-8(6,11-5)4-9-7/h5-6H,1-4H2,(H,9,10). The molecule has 3 heterocycles. The van der Waals surface area contributed by atoms with Gasteiger partial charge in [0.05, 0.1) is 17.6 Å². The molecule has 0 aliphatic carbocycles. The van der Waals surface area contributed by atoms with Crippen LogP contribution in [0.2, 0.25) is 0 Å². The lowest BCUT2D eigenvalue weighted by Gasteiger charge is -2.21. The maximum absolute atomic E-state index is 11.2. The molecule has 2 bridgehead atoms. The van der Waals surface area contributed by atoms with E-state index in [1.807, 2.05) is 0 Å². The van der Waals surface area contributed by atoms with Gasteiger partial charge in [0.2, 0.25) is 5.91 Å². The summed E-state index contributed by atoms with van der Waals surface area (Å²) >= 11 is 0. The van der Waals surface area contributed by atoms with Crippen molar-refractivity contribution in [2.75, 3.05) is 6.54 Å². The zero-order chi connectivity index (χ0) is 7.47. The minimum absolute atomic E-state index is 0.0677. The number of carbonyl (C=O) groups is 1. The zero-order valence-corrected chi connectivity index (χ0v) is 6.30. The minimum atomic E-state index is -0.0677. The predicted octanol–water partition coefficient (Wildman–Crippen LogP) is 0.0539. The molecule has 3 saturated heterocycles. The first-order valence-corrected chi connectivity index (χ1v) is 4.26. The van der Waals surface area contributed by atoms with E-state index in [0.717, 1.165) is 25.8 Å². The Hall–Kier alpha value is -0.570. The van der Waals surface area contributed by atoms with Gasteiger partial charge in [0, 0.05) is 6.54 Å². The van der Waals surface area contributed by atoms with Crippen molar-refractivity contribution in [3.63, 3.8) is 0 Å². The van der Waals surface area contributed by atoms with Crippen molar-refractivity contribution in [2.45, 2.75) is 31.0 Å². The Balaban J connectivity index is 2.02. The number of hydrogen-bond acceptors (Lipinski definition) is 2. The monoisotopic (exact) mass is 153 g/mol. The summed E-state index contributed by atoms with van der Waals surface area (Å²) in [6, 6.07) is 0. The third kappa shape index (κ3) is 0.562. The zero-order valence-electron chi connectivity index (χ0n) is 6.30. The maximum Gasteiger partial charge on any atom is 0.226 e. The van der Waals surface area contributed by atoms with Crippen LogP contribution in [0.15, 0.2) is 0 Å². The fraction of sp³-hybridized carbons (Fsp3) is 0.875. The van der Waals surface area contributed by atoms with E-state index in [0.29, 0.717) is 6.10 Å². The van der Waals surface area contributed by atoms with Gasteiger partial charge >= 0.3 is 0 Å². The summed E-state index contributed by atoms with van der Waals surface area (Å²) in [5, 5.41) is 2.88. The smallest absolute Gasteiger partial charge is 0.226 e. The molecule has 3 fully saturated rings. The van der Waals surface area contributed by atoms with Gasteiger partial charge in [0.1, 0.15) is 0 Å². The number of fused-ring (bicyclic) bond motifs is 1. The number of ether oxygens (including phenoxy) is 1. The first-order valence-electron chi connectivity index (χ1n) is 4.26. The van der Waals surface area contributed by atoms with E-state index in [1.165, 1.54) is 0 Å². The van der Waals surface area contributed by atoms with Gasteiger partial charge in [0.25, 0.3) is 0 Å². The quantitative estimate of drug-likeness (QED) is 0.534. The fourth-order valence-corrected chi connectivity index (χ4v) is 2.71. The van der Waals surface area contributed by atoms with Crippen LogP contribution in [0.4, 0.5) is 0 Å². The van der Waals surface area contributed by atoms with E-state index in [4.69, 9.17) is 4.74 Å². The second-order valence-electron chi connectivity index (χ2n) is 3.85. The highest BCUT2D eigenvalue weighted by Gasteiger charge is 2.59. The number of amides is 1. The Morgan fingerprint density at radius 1 is 1.64 bits per heavy atom. The Bertz CT molecular complexity index is 228. The van der Waals surface area contributed by atoms with Crippen LogP contribution in [0.3, 0.4) is 0 Å². The molecule has 3 atom stereocenters. The van der Waals surface area contributed by atoms with Crippen LogP contribution >= 0.6 is 0 Å².